The summed E-state index contributed by atoms with van der Waals surface area (Å²) in [7, 11) is 0. The van der Waals surface area contributed by atoms with Crippen LogP contribution in [0.2, 0.25) is 0 Å². The van der Waals surface area contributed by atoms with Gasteiger partial charge in [0.25, 0.3) is 0 Å². The fraction of sp³-hybridized carbons (Fsp3) is 0.292. The SMILES string of the molecule is CCc1nc(C)c(Oc2ccnc(Nc3cc(C)cc(CCC(=O)O)c3)c2)cc1C. The molecule has 0 amide bonds. The number of aryl methyl sites for hydroxylation is 5. The number of benzene rings is 1. The second-order valence-electron chi connectivity index (χ2n) is 7.39. The van der Waals surface area contributed by atoms with Gasteiger partial charge in [-0.15, -0.1) is 0 Å². The van der Waals surface area contributed by atoms with Crippen LogP contribution in [0.25, 0.3) is 0 Å². The first kappa shape index (κ1) is 21.3. The maximum Gasteiger partial charge on any atom is 0.303 e. The molecule has 0 atom stereocenters. The van der Waals surface area contributed by atoms with E-state index in [2.05, 4.69) is 22.2 Å². The molecular weight excluding hydrogens is 378 g/mol. The second-order valence-corrected chi connectivity index (χ2v) is 7.39. The van der Waals surface area contributed by atoms with Crippen LogP contribution in [0.15, 0.2) is 42.6 Å². The van der Waals surface area contributed by atoms with E-state index in [4.69, 9.17) is 9.84 Å². The monoisotopic (exact) mass is 405 g/mol. The van der Waals surface area contributed by atoms with E-state index in [-0.39, 0.29) is 6.42 Å². The van der Waals surface area contributed by atoms with Crippen molar-refractivity contribution in [2.24, 2.45) is 0 Å². The number of aromatic nitrogens is 2. The van der Waals surface area contributed by atoms with Gasteiger partial charge in [-0.3, -0.25) is 9.78 Å². The molecule has 0 aliphatic carbocycles. The first-order valence-corrected chi connectivity index (χ1v) is 10.0. The van der Waals surface area contributed by atoms with Gasteiger partial charge in [0.1, 0.15) is 17.3 Å². The van der Waals surface area contributed by atoms with Crippen LogP contribution in [-0.2, 0) is 17.6 Å². The molecule has 2 aromatic heterocycles. The van der Waals surface area contributed by atoms with Crippen LogP contribution in [0.3, 0.4) is 0 Å². The summed E-state index contributed by atoms with van der Waals surface area (Å²) in [4.78, 5) is 19.9. The van der Waals surface area contributed by atoms with Crippen LogP contribution in [0.5, 0.6) is 11.5 Å². The highest BCUT2D eigenvalue weighted by atomic mass is 16.5. The van der Waals surface area contributed by atoms with Crippen LogP contribution in [-0.4, -0.2) is 21.0 Å². The molecule has 6 nitrogen and oxygen atoms in total. The zero-order valence-corrected chi connectivity index (χ0v) is 17.8. The second kappa shape index (κ2) is 9.39. The Balaban J connectivity index is 1.78. The third kappa shape index (κ3) is 5.56. The van der Waals surface area contributed by atoms with Crippen LogP contribution >= 0.6 is 0 Å². The van der Waals surface area contributed by atoms with Crippen molar-refractivity contribution < 1.29 is 14.6 Å². The lowest BCUT2D eigenvalue weighted by molar-refractivity contribution is -0.136. The molecular formula is C24H27N3O3. The predicted octanol–water partition coefficient (Wildman–Crippen LogP) is 5.52. The molecule has 0 radical (unpaired) electrons. The van der Waals surface area contributed by atoms with E-state index in [1.807, 2.05) is 57.2 Å². The molecule has 156 valence electrons. The van der Waals surface area contributed by atoms with Gasteiger partial charge < -0.3 is 15.2 Å². The zero-order valence-electron chi connectivity index (χ0n) is 17.8. The highest BCUT2D eigenvalue weighted by molar-refractivity contribution is 5.67. The van der Waals surface area contributed by atoms with E-state index in [1.54, 1.807) is 6.20 Å². The number of carboxylic acid groups (broad SMARTS) is 1. The van der Waals surface area contributed by atoms with Crippen LogP contribution in [0.1, 0.15) is 41.4 Å². The van der Waals surface area contributed by atoms with Gasteiger partial charge in [-0.1, -0.05) is 13.0 Å². The maximum absolute atomic E-state index is 10.9. The minimum absolute atomic E-state index is 0.105. The van der Waals surface area contributed by atoms with Crippen molar-refractivity contribution in [2.75, 3.05) is 5.32 Å². The lowest BCUT2D eigenvalue weighted by atomic mass is 10.1. The maximum atomic E-state index is 10.9. The normalized spacial score (nSPS) is 10.7. The number of hydrogen-bond donors (Lipinski definition) is 2. The van der Waals surface area contributed by atoms with E-state index in [9.17, 15) is 4.79 Å². The number of rotatable bonds is 8. The minimum Gasteiger partial charge on any atom is -0.481 e. The molecule has 2 N–H and O–H groups in total. The van der Waals surface area contributed by atoms with E-state index in [0.29, 0.717) is 18.0 Å². The molecule has 2 heterocycles. The molecule has 30 heavy (non-hydrogen) atoms. The first-order chi connectivity index (χ1) is 14.3. The topological polar surface area (TPSA) is 84.3 Å². The first-order valence-electron chi connectivity index (χ1n) is 10.0. The molecule has 0 bridgehead atoms. The molecule has 3 aromatic rings. The highest BCUT2D eigenvalue weighted by Gasteiger charge is 2.09. The fourth-order valence-corrected chi connectivity index (χ4v) is 3.34. The zero-order chi connectivity index (χ0) is 21.7. The molecule has 0 unspecified atom stereocenters. The Morgan fingerprint density at radius 3 is 2.67 bits per heavy atom. The van der Waals surface area contributed by atoms with Gasteiger partial charge >= 0.3 is 5.97 Å². The minimum atomic E-state index is -0.801. The van der Waals surface area contributed by atoms with E-state index in [0.717, 1.165) is 45.9 Å². The number of hydrogen-bond acceptors (Lipinski definition) is 5. The van der Waals surface area contributed by atoms with Gasteiger partial charge in [0.05, 0.1) is 5.69 Å². The summed E-state index contributed by atoms with van der Waals surface area (Å²) in [5.74, 6) is 1.24. The number of nitrogens with zero attached hydrogens (tertiary/aromatic N) is 2. The Bertz CT molecular complexity index is 1060. The number of carbonyl (C=O) groups is 1. The van der Waals surface area contributed by atoms with Gasteiger partial charge in [-0.2, -0.15) is 0 Å². The van der Waals surface area contributed by atoms with E-state index < -0.39 is 5.97 Å². The van der Waals surface area contributed by atoms with Crippen molar-refractivity contribution in [3.05, 3.63) is 70.7 Å². The van der Waals surface area contributed by atoms with Crippen molar-refractivity contribution >= 4 is 17.5 Å². The summed E-state index contributed by atoms with van der Waals surface area (Å²) >= 11 is 0. The average Bonchev–Trinajstić information content (AvgIpc) is 2.69. The van der Waals surface area contributed by atoms with Crippen molar-refractivity contribution in [1.29, 1.82) is 0 Å². The lowest BCUT2D eigenvalue weighted by Crippen LogP contribution is -2.00. The third-order valence-electron chi connectivity index (χ3n) is 4.79. The number of nitrogens with one attached hydrogen (secondary N) is 1. The molecule has 0 aliphatic rings. The molecule has 0 fully saturated rings. The standard InChI is InChI=1S/C24H27N3O3/c1-5-21-16(3)12-22(17(4)26-21)30-20-8-9-25-23(14-20)27-19-11-15(2)10-18(13-19)6-7-24(28)29/h8-14H,5-7H2,1-4H3,(H,25,27)(H,28,29). The largest absolute Gasteiger partial charge is 0.481 e. The molecule has 3 rings (SSSR count). The Labute approximate surface area is 177 Å². The van der Waals surface area contributed by atoms with Crippen molar-refractivity contribution in [3.63, 3.8) is 0 Å². The Morgan fingerprint density at radius 2 is 1.93 bits per heavy atom. The van der Waals surface area contributed by atoms with Gasteiger partial charge in [-0.05, 0) is 74.6 Å². The number of anilines is 2. The number of pyridine rings is 2. The number of ether oxygens (including phenoxy) is 1. The smallest absolute Gasteiger partial charge is 0.303 e. The fourth-order valence-electron chi connectivity index (χ4n) is 3.34. The summed E-state index contributed by atoms with van der Waals surface area (Å²) in [6.45, 7) is 8.06. The molecule has 0 aliphatic heterocycles. The molecule has 0 spiro atoms. The van der Waals surface area contributed by atoms with E-state index in [1.165, 1.54) is 0 Å². The number of aliphatic carboxylic acids is 1. The third-order valence-corrected chi connectivity index (χ3v) is 4.79. The number of carboxylic acids is 1. The molecule has 0 saturated heterocycles. The molecule has 6 heteroatoms. The molecule has 1 aromatic carbocycles. The van der Waals surface area contributed by atoms with Crippen molar-refractivity contribution in [1.82, 2.24) is 9.97 Å². The van der Waals surface area contributed by atoms with Gasteiger partial charge in [-0.25, -0.2) is 4.98 Å². The Morgan fingerprint density at radius 1 is 1.13 bits per heavy atom. The van der Waals surface area contributed by atoms with Crippen molar-refractivity contribution in [2.45, 2.75) is 47.0 Å². The highest BCUT2D eigenvalue weighted by Crippen LogP contribution is 2.28. The molecule has 0 saturated carbocycles. The lowest BCUT2D eigenvalue weighted by Gasteiger charge is -2.13. The average molecular weight is 405 g/mol. The van der Waals surface area contributed by atoms with Crippen LogP contribution in [0.4, 0.5) is 11.5 Å². The van der Waals surface area contributed by atoms with Gasteiger partial charge in [0.15, 0.2) is 0 Å². The summed E-state index contributed by atoms with van der Waals surface area (Å²) in [6.07, 6.45) is 3.17. The van der Waals surface area contributed by atoms with E-state index >= 15 is 0 Å². The van der Waals surface area contributed by atoms with Crippen LogP contribution in [0, 0.1) is 20.8 Å². The van der Waals surface area contributed by atoms with Crippen LogP contribution < -0.4 is 10.1 Å². The summed E-state index contributed by atoms with van der Waals surface area (Å²) in [5, 5.41) is 12.2. The predicted molar refractivity (Wildman–Crippen MR) is 118 cm³/mol. The van der Waals surface area contributed by atoms with Gasteiger partial charge in [0.2, 0.25) is 0 Å². The Hall–Kier alpha value is -3.41. The quantitative estimate of drug-likeness (QED) is 0.513. The summed E-state index contributed by atoms with van der Waals surface area (Å²) < 4.78 is 6.07. The summed E-state index contributed by atoms with van der Waals surface area (Å²) in [6, 6.07) is 11.6. The Kier molecular flexibility index (Phi) is 6.67. The van der Waals surface area contributed by atoms with Crippen molar-refractivity contribution in [3.8, 4) is 11.5 Å². The van der Waals surface area contributed by atoms with Gasteiger partial charge in [0, 0.05) is 30.1 Å². The summed E-state index contributed by atoms with van der Waals surface area (Å²) in [5.41, 5.74) is 5.93.